The molecule has 0 aliphatic carbocycles. The molecule has 1 amide bonds. The minimum atomic E-state index is -4.24. The zero-order chi connectivity index (χ0) is 14.9. The van der Waals surface area contributed by atoms with E-state index in [9.17, 15) is 18.0 Å². The number of benzene rings is 1. The molecule has 7 heteroatoms. The molecule has 2 rings (SSSR count). The Balaban J connectivity index is 2.11. The lowest BCUT2D eigenvalue weighted by Gasteiger charge is -2.18. The van der Waals surface area contributed by atoms with Crippen LogP contribution in [0.5, 0.6) is 0 Å². The smallest absolute Gasteiger partial charge is 0.338 e. The minimum absolute atomic E-state index is 0.0311. The summed E-state index contributed by atoms with van der Waals surface area (Å²) >= 11 is 0. The monoisotopic (exact) mass is 287 g/mol. The molecule has 1 aromatic carbocycles. The van der Waals surface area contributed by atoms with Crippen LogP contribution in [-0.2, 0) is 0 Å². The molecule has 20 heavy (non-hydrogen) atoms. The molecule has 1 aliphatic heterocycles. The van der Waals surface area contributed by atoms with E-state index in [2.05, 4.69) is 5.43 Å². The number of likely N-dealkylation sites (tertiary alicyclic amines) is 1. The van der Waals surface area contributed by atoms with Crippen molar-refractivity contribution in [3.63, 3.8) is 0 Å². The number of nitrogens with two attached hydrogens (primary N) is 1. The average Bonchev–Trinajstić information content (AvgIpc) is 2.87. The Kier molecular flexibility index (Phi) is 3.89. The van der Waals surface area contributed by atoms with Crippen LogP contribution in [0.1, 0.15) is 22.3 Å². The molecule has 1 atom stereocenters. The summed E-state index contributed by atoms with van der Waals surface area (Å²) in [7, 11) is 0. The van der Waals surface area contributed by atoms with Gasteiger partial charge in [-0.3, -0.25) is 10.6 Å². The molecule has 0 bridgehead atoms. The highest BCUT2D eigenvalue weighted by atomic mass is 19.4. The van der Waals surface area contributed by atoms with Crippen LogP contribution in [0.25, 0.3) is 0 Å². The number of halogens is 3. The maximum Gasteiger partial charge on any atom is 0.393 e. The summed E-state index contributed by atoms with van der Waals surface area (Å²) in [6.45, 7) is 1.64. The SMILES string of the molecule is Cc1cc(C(=O)N2CCC(C(F)(F)F)C2)ccc1NN. The van der Waals surface area contributed by atoms with E-state index in [1.807, 2.05) is 0 Å². The molecule has 0 saturated carbocycles. The third-order valence-electron chi connectivity index (χ3n) is 3.57. The first-order valence-electron chi connectivity index (χ1n) is 6.26. The van der Waals surface area contributed by atoms with Crippen LogP contribution >= 0.6 is 0 Å². The van der Waals surface area contributed by atoms with Crippen LogP contribution in [0, 0.1) is 12.8 Å². The van der Waals surface area contributed by atoms with Crippen molar-refractivity contribution < 1.29 is 18.0 Å². The van der Waals surface area contributed by atoms with E-state index < -0.39 is 12.1 Å². The second kappa shape index (κ2) is 5.32. The number of carbonyl (C=O) groups is 1. The summed E-state index contributed by atoms with van der Waals surface area (Å²) in [5, 5.41) is 0. The van der Waals surface area contributed by atoms with Crippen molar-refractivity contribution in [1.82, 2.24) is 4.90 Å². The number of hydrogen-bond donors (Lipinski definition) is 2. The highest BCUT2D eigenvalue weighted by Crippen LogP contribution is 2.34. The number of amides is 1. The number of aryl methyl sites for hydroxylation is 1. The van der Waals surface area contributed by atoms with Crippen LogP contribution in [0.15, 0.2) is 18.2 Å². The predicted molar refractivity (Wildman–Crippen MR) is 69.1 cm³/mol. The Morgan fingerprint density at radius 2 is 2.15 bits per heavy atom. The largest absolute Gasteiger partial charge is 0.393 e. The van der Waals surface area contributed by atoms with E-state index in [0.717, 1.165) is 5.56 Å². The molecule has 1 heterocycles. The number of hydrazine groups is 1. The maximum absolute atomic E-state index is 12.6. The van der Waals surface area contributed by atoms with E-state index in [-0.39, 0.29) is 25.4 Å². The molecule has 1 fully saturated rings. The van der Waals surface area contributed by atoms with Gasteiger partial charge < -0.3 is 10.3 Å². The fourth-order valence-corrected chi connectivity index (χ4v) is 2.35. The number of anilines is 1. The number of carbonyl (C=O) groups excluding carboxylic acids is 1. The van der Waals surface area contributed by atoms with Gasteiger partial charge in [0.05, 0.1) is 11.6 Å². The first-order valence-corrected chi connectivity index (χ1v) is 6.26. The lowest BCUT2D eigenvalue weighted by molar-refractivity contribution is -0.169. The van der Waals surface area contributed by atoms with E-state index in [0.29, 0.717) is 11.3 Å². The van der Waals surface area contributed by atoms with Gasteiger partial charge >= 0.3 is 6.18 Å². The number of nitrogens with zero attached hydrogens (tertiary/aromatic N) is 1. The van der Waals surface area contributed by atoms with Crippen molar-refractivity contribution >= 4 is 11.6 Å². The highest BCUT2D eigenvalue weighted by Gasteiger charge is 2.44. The second-order valence-corrected chi connectivity index (χ2v) is 4.95. The van der Waals surface area contributed by atoms with Gasteiger partial charge in [-0.05, 0) is 37.1 Å². The highest BCUT2D eigenvalue weighted by molar-refractivity contribution is 5.95. The summed E-state index contributed by atoms with van der Waals surface area (Å²) in [5.41, 5.74) is 4.31. The minimum Gasteiger partial charge on any atom is -0.338 e. The van der Waals surface area contributed by atoms with Gasteiger partial charge in [0.1, 0.15) is 0 Å². The van der Waals surface area contributed by atoms with E-state index >= 15 is 0 Å². The zero-order valence-electron chi connectivity index (χ0n) is 11.0. The molecule has 0 spiro atoms. The van der Waals surface area contributed by atoms with Gasteiger partial charge in [0.2, 0.25) is 0 Å². The Morgan fingerprint density at radius 1 is 1.45 bits per heavy atom. The Bertz CT molecular complexity index is 516. The zero-order valence-corrected chi connectivity index (χ0v) is 11.0. The quantitative estimate of drug-likeness (QED) is 0.648. The van der Waals surface area contributed by atoms with Crippen molar-refractivity contribution in [3.05, 3.63) is 29.3 Å². The van der Waals surface area contributed by atoms with Crippen LogP contribution in [0.3, 0.4) is 0 Å². The fourth-order valence-electron chi connectivity index (χ4n) is 2.35. The first kappa shape index (κ1) is 14.6. The van der Waals surface area contributed by atoms with Crippen molar-refractivity contribution in [1.29, 1.82) is 0 Å². The summed E-state index contributed by atoms with van der Waals surface area (Å²) < 4.78 is 37.8. The fraction of sp³-hybridized carbons (Fsp3) is 0.462. The molecule has 1 unspecified atom stereocenters. The van der Waals surface area contributed by atoms with Crippen LogP contribution in [-0.4, -0.2) is 30.1 Å². The molecular formula is C13H16F3N3O. The van der Waals surface area contributed by atoms with Crippen LogP contribution in [0.2, 0.25) is 0 Å². The summed E-state index contributed by atoms with van der Waals surface area (Å²) in [5.74, 6) is 3.50. The van der Waals surface area contributed by atoms with Gasteiger partial charge in [0.25, 0.3) is 5.91 Å². The maximum atomic E-state index is 12.6. The lowest BCUT2D eigenvalue weighted by Crippen LogP contribution is -2.32. The van der Waals surface area contributed by atoms with Crippen molar-refractivity contribution in [3.8, 4) is 0 Å². The average molecular weight is 287 g/mol. The van der Waals surface area contributed by atoms with Crippen LogP contribution < -0.4 is 11.3 Å². The van der Waals surface area contributed by atoms with E-state index in [4.69, 9.17) is 5.84 Å². The molecule has 1 saturated heterocycles. The molecule has 4 nitrogen and oxygen atoms in total. The van der Waals surface area contributed by atoms with Gasteiger partial charge in [-0.25, -0.2) is 0 Å². The summed E-state index contributed by atoms with van der Waals surface area (Å²) in [6, 6.07) is 4.82. The molecule has 0 radical (unpaired) electrons. The second-order valence-electron chi connectivity index (χ2n) is 4.95. The number of nitrogens with one attached hydrogen (secondary N) is 1. The Morgan fingerprint density at radius 3 is 2.65 bits per heavy atom. The van der Waals surface area contributed by atoms with Crippen LogP contribution in [0.4, 0.5) is 18.9 Å². The third kappa shape index (κ3) is 2.87. The topological polar surface area (TPSA) is 58.4 Å². The third-order valence-corrected chi connectivity index (χ3v) is 3.57. The van der Waals surface area contributed by atoms with Gasteiger partial charge in [-0.2, -0.15) is 13.2 Å². The molecule has 0 aromatic heterocycles. The molecule has 1 aromatic rings. The van der Waals surface area contributed by atoms with Crippen molar-refractivity contribution in [2.45, 2.75) is 19.5 Å². The number of hydrogen-bond acceptors (Lipinski definition) is 3. The lowest BCUT2D eigenvalue weighted by atomic mass is 10.1. The van der Waals surface area contributed by atoms with E-state index in [1.165, 1.54) is 4.90 Å². The van der Waals surface area contributed by atoms with Gasteiger partial charge in [0.15, 0.2) is 0 Å². The number of nitrogen functional groups attached to an aromatic ring is 1. The number of rotatable bonds is 2. The van der Waals surface area contributed by atoms with Crippen molar-refractivity contribution in [2.24, 2.45) is 11.8 Å². The first-order chi connectivity index (χ1) is 9.32. The molecule has 110 valence electrons. The van der Waals surface area contributed by atoms with Gasteiger partial charge in [0, 0.05) is 18.7 Å². The molecule has 3 N–H and O–H groups in total. The van der Waals surface area contributed by atoms with E-state index in [1.54, 1.807) is 25.1 Å². The number of alkyl halides is 3. The predicted octanol–water partition coefficient (Wildman–Crippen LogP) is 2.31. The Hall–Kier alpha value is -1.76. The van der Waals surface area contributed by atoms with Crippen molar-refractivity contribution in [2.75, 3.05) is 18.5 Å². The van der Waals surface area contributed by atoms with Gasteiger partial charge in [-0.15, -0.1) is 0 Å². The molecule has 1 aliphatic rings. The van der Waals surface area contributed by atoms with Gasteiger partial charge in [-0.1, -0.05) is 0 Å². The Labute approximate surface area is 114 Å². The summed E-state index contributed by atoms with van der Waals surface area (Å²) in [6.07, 6.45) is -4.27. The summed E-state index contributed by atoms with van der Waals surface area (Å²) in [4.78, 5) is 13.4. The molecular weight excluding hydrogens is 271 g/mol. The normalized spacial score (nSPS) is 19.2. The standard InChI is InChI=1S/C13H16F3N3O/c1-8-6-9(2-3-11(8)18-17)12(20)19-5-4-10(7-19)13(14,15)16/h2-3,6,10,18H,4-5,7,17H2,1H3.